The maximum Gasteiger partial charge on any atom is 0.146 e. The van der Waals surface area contributed by atoms with Crippen molar-refractivity contribution in [2.24, 2.45) is 0 Å². The Labute approximate surface area is 103 Å². The van der Waals surface area contributed by atoms with E-state index in [9.17, 15) is 8.78 Å². The van der Waals surface area contributed by atoms with Gasteiger partial charge in [0.25, 0.3) is 0 Å². The van der Waals surface area contributed by atoms with E-state index in [4.69, 9.17) is 5.26 Å². The number of nitriles is 1. The first-order valence-electron chi connectivity index (χ1n) is 5.33. The van der Waals surface area contributed by atoms with Crippen molar-refractivity contribution in [3.05, 3.63) is 59.2 Å². The SMILES string of the molecule is Cc1ccc(Nc2cc(F)ccc2F)c(C#N)c1. The minimum atomic E-state index is -0.569. The van der Waals surface area contributed by atoms with Gasteiger partial charge in [0.05, 0.1) is 16.9 Å². The van der Waals surface area contributed by atoms with Crippen LogP contribution in [0.3, 0.4) is 0 Å². The molecule has 2 aromatic rings. The number of halogens is 2. The van der Waals surface area contributed by atoms with Crippen LogP contribution in [0.1, 0.15) is 11.1 Å². The van der Waals surface area contributed by atoms with Crippen LogP contribution in [-0.4, -0.2) is 0 Å². The van der Waals surface area contributed by atoms with E-state index in [-0.39, 0.29) is 5.69 Å². The molecule has 0 spiro atoms. The van der Waals surface area contributed by atoms with Gasteiger partial charge in [0.15, 0.2) is 0 Å². The van der Waals surface area contributed by atoms with Gasteiger partial charge in [-0.1, -0.05) is 6.07 Å². The highest BCUT2D eigenvalue weighted by Crippen LogP contribution is 2.24. The van der Waals surface area contributed by atoms with E-state index < -0.39 is 11.6 Å². The lowest BCUT2D eigenvalue weighted by Crippen LogP contribution is -1.97. The molecule has 4 heteroatoms. The monoisotopic (exact) mass is 244 g/mol. The largest absolute Gasteiger partial charge is 0.352 e. The second kappa shape index (κ2) is 4.84. The van der Waals surface area contributed by atoms with Crippen molar-refractivity contribution >= 4 is 11.4 Å². The molecule has 0 radical (unpaired) electrons. The Morgan fingerprint density at radius 2 is 1.83 bits per heavy atom. The Kier molecular flexibility index (Phi) is 3.24. The molecule has 0 saturated carbocycles. The number of aryl methyl sites for hydroxylation is 1. The molecule has 2 aromatic carbocycles. The molecule has 1 N–H and O–H groups in total. The number of rotatable bonds is 2. The summed E-state index contributed by atoms with van der Waals surface area (Å²) in [5.74, 6) is -1.11. The second-order valence-corrected chi connectivity index (χ2v) is 3.91. The average Bonchev–Trinajstić information content (AvgIpc) is 2.36. The van der Waals surface area contributed by atoms with Crippen LogP contribution in [0, 0.1) is 29.9 Å². The van der Waals surface area contributed by atoms with Gasteiger partial charge in [-0.3, -0.25) is 0 Å². The number of benzene rings is 2. The Balaban J connectivity index is 2.40. The first-order valence-corrected chi connectivity index (χ1v) is 5.33. The van der Waals surface area contributed by atoms with Crippen molar-refractivity contribution in [3.8, 4) is 6.07 Å². The predicted octanol–water partition coefficient (Wildman–Crippen LogP) is 3.89. The molecule has 0 atom stereocenters. The zero-order chi connectivity index (χ0) is 13.1. The summed E-state index contributed by atoms with van der Waals surface area (Å²) < 4.78 is 26.5. The summed E-state index contributed by atoms with van der Waals surface area (Å²) in [4.78, 5) is 0. The van der Waals surface area contributed by atoms with E-state index in [1.807, 2.05) is 13.0 Å². The molecule has 0 saturated heterocycles. The lowest BCUT2D eigenvalue weighted by Gasteiger charge is -2.09. The van der Waals surface area contributed by atoms with Crippen LogP contribution in [0.4, 0.5) is 20.2 Å². The molecule has 0 fully saturated rings. The number of nitrogens with zero attached hydrogens (tertiary/aromatic N) is 1. The smallest absolute Gasteiger partial charge is 0.146 e. The fraction of sp³-hybridized carbons (Fsp3) is 0.0714. The van der Waals surface area contributed by atoms with Gasteiger partial charge in [0.1, 0.15) is 17.7 Å². The molecule has 0 amide bonds. The van der Waals surface area contributed by atoms with Gasteiger partial charge < -0.3 is 5.32 Å². The molecule has 2 rings (SSSR count). The van der Waals surface area contributed by atoms with Gasteiger partial charge in [0.2, 0.25) is 0 Å². The van der Waals surface area contributed by atoms with E-state index in [1.54, 1.807) is 18.2 Å². The fourth-order valence-electron chi connectivity index (χ4n) is 1.60. The second-order valence-electron chi connectivity index (χ2n) is 3.91. The van der Waals surface area contributed by atoms with Crippen LogP contribution in [0.2, 0.25) is 0 Å². The molecule has 0 bridgehead atoms. The first-order chi connectivity index (χ1) is 8.60. The summed E-state index contributed by atoms with van der Waals surface area (Å²) >= 11 is 0. The molecular formula is C14H10F2N2. The highest BCUT2D eigenvalue weighted by Gasteiger charge is 2.07. The Morgan fingerprint density at radius 3 is 2.56 bits per heavy atom. The number of hydrogen-bond acceptors (Lipinski definition) is 2. The summed E-state index contributed by atoms with van der Waals surface area (Å²) in [6, 6.07) is 10.3. The minimum absolute atomic E-state index is 0.00959. The zero-order valence-corrected chi connectivity index (χ0v) is 9.67. The van der Waals surface area contributed by atoms with Gasteiger partial charge in [-0.2, -0.15) is 5.26 Å². The van der Waals surface area contributed by atoms with E-state index in [0.29, 0.717) is 11.3 Å². The topological polar surface area (TPSA) is 35.8 Å². The van der Waals surface area contributed by atoms with Crippen LogP contribution in [-0.2, 0) is 0 Å². The van der Waals surface area contributed by atoms with E-state index in [2.05, 4.69) is 5.32 Å². The van der Waals surface area contributed by atoms with Crippen molar-refractivity contribution in [3.63, 3.8) is 0 Å². The average molecular weight is 244 g/mol. The highest BCUT2D eigenvalue weighted by molar-refractivity contribution is 5.67. The lowest BCUT2D eigenvalue weighted by atomic mass is 10.1. The van der Waals surface area contributed by atoms with Crippen molar-refractivity contribution < 1.29 is 8.78 Å². The first kappa shape index (κ1) is 12.1. The van der Waals surface area contributed by atoms with E-state index in [0.717, 1.165) is 23.8 Å². The summed E-state index contributed by atoms with van der Waals surface area (Å²) in [6.45, 7) is 1.85. The van der Waals surface area contributed by atoms with Crippen LogP contribution in [0.25, 0.3) is 0 Å². The van der Waals surface area contributed by atoms with Crippen molar-refractivity contribution in [1.29, 1.82) is 5.26 Å². The molecule has 0 heterocycles. The Morgan fingerprint density at radius 1 is 1.06 bits per heavy atom. The van der Waals surface area contributed by atoms with E-state index in [1.165, 1.54) is 0 Å². The van der Waals surface area contributed by atoms with Gasteiger partial charge in [0, 0.05) is 6.07 Å². The maximum atomic E-state index is 13.5. The molecule has 90 valence electrons. The lowest BCUT2D eigenvalue weighted by molar-refractivity contribution is 0.603. The van der Waals surface area contributed by atoms with Gasteiger partial charge in [-0.25, -0.2) is 8.78 Å². The predicted molar refractivity (Wildman–Crippen MR) is 65.5 cm³/mol. The van der Waals surface area contributed by atoms with Crippen LogP contribution >= 0.6 is 0 Å². The zero-order valence-electron chi connectivity index (χ0n) is 9.67. The Hall–Kier alpha value is -2.41. The Bertz CT molecular complexity index is 630. The molecule has 0 aliphatic carbocycles. The molecule has 0 aliphatic heterocycles. The molecule has 0 aromatic heterocycles. The van der Waals surface area contributed by atoms with Crippen molar-refractivity contribution in [1.82, 2.24) is 0 Å². The minimum Gasteiger partial charge on any atom is -0.352 e. The van der Waals surface area contributed by atoms with Crippen LogP contribution in [0.15, 0.2) is 36.4 Å². The molecule has 2 nitrogen and oxygen atoms in total. The number of nitrogens with one attached hydrogen (secondary N) is 1. The quantitative estimate of drug-likeness (QED) is 0.869. The molecule has 0 unspecified atom stereocenters. The molecule has 0 aliphatic rings. The third kappa shape index (κ3) is 2.46. The van der Waals surface area contributed by atoms with Crippen LogP contribution < -0.4 is 5.32 Å². The summed E-state index contributed by atoms with van der Waals surface area (Å²) in [7, 11) is 0. The summed E-state index contributed by atoms with van der Waals surface area (Å²) in [5.41, 5.74) is 1.78. The number of hydrogen-bond donors (Lipinski definition) is 1. The maximum absolute atomic E-state index is 13.5. The molecule has 18 heavy (non-hydrogen) atoms. The highest BCUT2D eigenvalue weighted by atomic mass is 19.1. The third-order valence-corrected chi connectivity index (χ3v) is 2.49. The third-order valence-electron chi connectivity index (χ3n) is 2.49. The van der Waals surface area contributed by atoms with E-state index >= 15 is 0 Å². The van der Waals surface area contributed by atoms with Crippen molar-refractivity contribution in [2.45, 2.75) is 6.92 Å². The standard InChI is InChI=1S/C14H10F2N2/c1-9-2-5-13(10(6-9)8-17)18-14-7-11(15)3-4-12(14)16/h2-7,18H,1H3. The normalized spacial score (nSPS) is 9.89. The van der Waals surface area contributed by atoms with Gasteiger partial charge >= 0.3 is 0 Å². The molecular weight excluding hydrogens is 234 g/mol. The number of anilines is 2. The van der Waals surface area contributed by atoms with Gasteiger partial charge in [-0.05, 0) is 36.8 Å². The van der Waals surface area contributed by atoms with Gasteiger partial charge in [-0.15, -0.1) is 0 Å². The fourth-order valence-corrected chi connectivity index (χ4v) is 1.60. The van der Waals surface area contributed by atoms with Crippen LogP contribution in [0.5, 0.6) is 0 Å². The van der Waals surface area contributed by atoms with Crippen molar-refractivity contribution in [2.75, 3.05) is 5.32 Å². The summed E-state index contributed by atoms with van der Waals surface area (Å²) in [6.07, 6.45) is 0. The summed E-state index contributed by atoms with van der Waals surface area (Å²) in [5, 5.41) is 11.7.